The topological polar surface area (TPSA) is 40.9 Å². The minimum Gasteiger partial charge on any atom is -0.297 e. The van der Waals surface area contributed by atoms with E-state index in [1.165, 1.54) is 11.3 Å². The van der Waals surface area contributed by atoms with Crippen molar-refractivity contribution in [2.45, 2.75) is 6.92 Å². The van der Waals surface area contributed by atoms with Gasteiger partial charge in [0.1, 0.15) is 6.07 Å². The zero-order valence-corrected chi connectivity index (χ0v) is 8.39. The Hall–Kier alpha value is -1.66. The van der Waals surface area contributed by atoms with Crippen LogP contribution in [0.5, 0.6) is 0 Å². The lowest BCUT2D eigenvalue weighted by atomic mass is 10.1. The summed E-state index contributed by atoms with van der Waals surface area (Å²) in [5.41, 5.74) is 1.56. The van der Waals surface area contributed by atoms with Gasteiger partial charge in [0.25, 0.3) is 0 Å². The molecule has 0 aliphatic carbocycles. The average molecular weight is 201 g/mol. The van der Waals surface area contributed by atoms with Crippen molar-refractivity contribution in [2.24, 2.45) is 0 Å². The molecule has 2 nitrogen and oxygen atoms in total. The Morgan fingerprint density at radius 2 is 2.29 bits per heavy atom. The van der Waals surface area contributed by atoms with Gasteiger partial charge in [-0.3, -0.25) is 4.79 Å². The number of hydrogen-bond acceptors (Lipinski definition) is 3. The molecule has 2 aromatic rings. The van der Waals surface area contributed by atoms with Gasteiger partial charge in [0, 0.05) is 10.1 Å². The number of aldehydes is 1. The zero-order valence-electron chi connectivity index (χ0n) is 7.57. The summed E-state index contributed by atoms with van der Waals surface area (Å²) < 4.78 is 1.00. The molecule has 0 unspecified atom stereocenters. The van der Waals surface area contributed by atoms with Crippen molar-refractivity contribution in [1.29, 1.82) is 5.26 Å². The summed E-state index contributed by atoms with van der Waals surface area (Å²) in [6.45, 7) is 1.95. The van der Waals surface area contributed by atoms with Crippen LogP contribution in [-0.4, -0.2) is 6.29 Å². The van der Waals surface area contributed by atoms with E-state index in [2.05, 4.69) is 6.07 Å². The van der Waals surface area contributed by atoms with Crippen LogP contribution in [0.3, 0.4) is 0 Å². The second-order valence-corrected chi connectivity index (χ2v) is 4.10. The Morgan fingerprint density at radius 3 is 2.93 bits per heavy atom. The van der Waals surface area contributed by atoms with Crippen LogP contribution < -0.4 is 0 Å². The number of nitrogens with zero attached hydrogens (tertiary/aromatic N) is 1. The van der Waals surface area contributed by atoms with E-state index >= 15 is 0 Å². The number of fused-ring (bicyclic) bond motifs is 1. The van der Waals surface area contributed by atoms with Crippen LogP contribution in [0.4, 0.5) is 0 Å². The third-order valence-electron chi connectivity index (χ3n) is 2.17. The van der Waals surface area contributed by atoms with Crippen molar-refractivity contribution in [1.82, 2.24) is 0 Å². The van der Waals surface area contributed by atoms with Crippen molar-refractivity contribution < 1.29 is 4.79 Å². The molecule has 14 heavy (non-hydrogen) atoms. The molecule has 0 fully saturated rings. The van der Waals surface area contributed by atoms with Crippen LogP contribution in [0.2, 0.25) is 0 Å². The SMILES string of the molecule is Cc1cccc2sc(C=O)c(C#N)c12. The van der Waals surface area contributed by atoms with E-state index in [0.717, 1.165) is 21.9 Å². The first-order chi connectivity index (χ1) is 6.77. The largest absolute Gasteiger partial charge is 0.297 e. The number of carbonyl (C=O) groups is 1. The monoisotopic (exact) mass is 201 g/mol. The Labute approximate surface area is 85.4 Å². The van der Waals surface area contributed by atoms with E-state index in [9.17, 15) is 4.79 Å². The van der Waals surface area contributed by atoms with Crippen LogP contribution in [0, 0.1) is 18.3 Å². The molecule has 2 rings (SSSR count). The first kappa shape index (κ1) is 8.92. The molecule has 1 heterocycles. The number of benzene rings is 1. The van der Waals surface area contributed by atoms with Crippen molar-refractivity contribution in [3.05, 3.63) is 34.2 Å². The van der Waals surface area contributed by atoms with Crippen LogP contribution in [-0.2, 0) is 0 Å². The van der Waals surface area contributed by atoms with E-state index in [0.29, 0.717) is 10.4 Å². The second kappa shape index (κ2) is 3.24. The molecule has 0 amide bonds. The van der Waals surface area contributed by atoms with Gasteiger partial charge >= 0.3 is 0 Å². The number of rotatable bonds is 1. The normalized spacial score (nSPS) is 10.0. The maximum absolute atomic E-state index is 10.7. The lowest BCUT2D eigenvalue weighted by Crippen LogP contribution is -1.80. The Balaban J connectivity index is 2.97. The highest BCUT2D eigenvalue weighted by atomic mass is 32.1. The number of aryl methyl sites for hydroxylation is 1. The van der Waals surface area contributed by atoms with Gasteiger partial charge in [-0.05, 0) is 18.6 Å². The molecule has 0 saturated carbocycles. The van der Waals surface area contributed by atoms with Crippen LogP contribution in [0.25, 0.3) is 10.1 Å². The molecular formula is C11H7NOS. The first-order valence-corrected chi connectivity index (χ1v) is 4.97. The first-order valence-electron chi connectivity index (χ1n) is 4.15. The molecule has 1 aromatic carbocycles. The molecule has 0 aliphatic heterocycles. The standard InChI is InChI=1S/C11H7NOS/c1-7-3-2-4-9-11(7)8(5-12)10(6-13)14-9/h2-4,6H,1H3. The van der Waals surface area contributed by atoms with Gasteiger partial charge in [-0.25, -0.2) is 0 Å². The molecule has 1 aromatic heterocycles. The summed E-state index contributed by atoms with van der Waals surface area (Å²) in [7, 11) is 0. The highest BCUT2D eigenvalue weighted by molar-refractivity contribution is 7.20. The maximum Gasteiger partial charge on any atom is 0.161 e. The molecule has 68 valence electrons. The van der Waals surface area contributed by atoms with Gasteiger partial charge < -0.3 is 0 Å². The molecule has 0 N–H and O–H groups in total. The molecule has 0 spiro atoms. The van der Waals surface area contributed by atoms with Gasteiger partial charge in [0.15, 0.2) is 6.29 Å². The van der Waals surface area contributed by atoms with Crippen molar-refractivity contribution in [3.63, 3.8) is 0 Å². The van der Waals surface area contributed by atoms with Crippen LogP contribution >= 0.6 is 11.3 Å². The van der Waals surface area contributed by atoms with E-state index in [1.807, 2.05) is 25.1 Å². The fourth-order valence-electron chi connectivity index (χ4n) is 1.53. The smallest absolute Gasteiger partial charge is 0.161 e. The minimum atomic E-state index is 0.512. The summed E-state index contributed by atoms with van der Waals surface area (Å²) in [6, 6.07) is 7.90. The molecule has 0 aliphatic rings. The van der Waals surface area contributed by atoms with E-state index < -0.39 is 0 Å². The zero-order chi connectivity index (χ0) is 10.1. The van der Waals surface area contributed by atoms with E-state index in [-0.39, 0.29) is 0 Å². The Bertz CT molecular complexity index is 548. The Kier molecular flexibility index (Phi) is 2.06. The molecule has 0 radical (unpaired) electrons. The third kappa shape index (κ3) is 1.12. The lowest BCUT2D eigenvalue weighted by molar-refractivity contribution is 0.112. The third-order valence-corrected chi connectivity index (χ3v) is 3.25. The fourth-order valence-corrected chi connectivity index (χ4v) is 2.58. The van der Waals surface area contributed by atoms with Crippen LogP contribution in [0.15, 0.2) is 18.2 Å². The molecule has 0 atom stereocenters. The number of hydrogen-bond donors (Lipinski definition) is 0. The predicted octanol–water partition coefficient (Wildman–Crippen LogP) is 2.89. The van der Waals surface area contributed by atoms with E-state index in [4.69, 9.17) is 5.26 Å². The second-order valence-electron chi connectivity index (χ2n) is 3.02. The van der Waals surface area contributed by atoms with Gasteiger partial charge in [0.2, 0.25) is 0 Å². The molecular weight excluding hydrogens is 194 g/mol. The Morgan fingerprint density at radius 1 is 1.50 bits per heavy atom. The fraction of sp³-hybridized carbons (Fsp3) is 0.0909. The van der Waals surface area contributed by atoms with Crippen LogP contribution in [0.1, 0.15) is 20.8 Å². The highest BCUT2D eigenvalue weighted by Crippen LogP contribution is 2.31. The van der Waals surface area contributed by atoms with Crippen molar-refractivity contribution >= 4 is 27.7 Å². The molecule has 3 heteroatoms. The molecule has 0 saturated heterocycles. The number of thiophene rings is 1. The summed E-state index contributed by atoms with van der Waals surface area (Å²) in [4.78, 5) is 11.3. The summed E-state index contributed by atoms with van der Waals surface area (Å²) in [5.74, 6) is 0. The summed E-state index contributed by atoms with van der Waals surface area (Å²) >= 11 is 1.37. The predicted molar refractivity (Wildman–Crippen MR) is 56.7 cm³/mol. The van der Waals surface area contributed by atoms with Gasteiger partial charge in [-0.15, -0.1) is 11.3 Å². The van der Waals surface area contributed by atoms with Gasteiger partial charge in [-0.2, -0.15) is 5.26 Å². The van der Waals surface area contributed by atoms with Crippen molar-refractivity contribution in [3.8, 4) is 6.07 Å². The van der Waals surface area contributed by atoms with E-state index in [1.54, 1.807) is 0 Å². The summed E-state index contributed by atoms with van der Waals surface area (Å²) in [5, 5.41) is 9.88. The number of nitriles is 1. The molecule has 0 bridgehead atoms. The quantitative estimate of drug-likeness (QED) is 0.665. The highest BCUT2D eigenvalue weighted by Gasteiger charge is 2.12. The summed E-state index contributed by atoms with van der Waals surface area (Å²) in [6.07, 6.45) is 0.753. The van der Waals surface area contributed by atoms with Gasteiger partial charge in [-0.1, -0.05) is 12.1 Å². The lowest BCUT2D eigenvalue weighted by Gasteiger charge is -1.94. The minimum absolute atomic E-state index is 0.512. The van der Waals surface area contributed by atoms with Gasteiger partial charge in [0.05, 0.1) is 10.4 Å². The average Bonchev–Trinajstić information content (AvgIpc) is 2.56. The maximum atomic E-state index is 10.7. The number of carbonyl (C=O) groups excluding carboxylic acids is 1. The van der Waals surface area contributed by atoms with Crippen molar-refractivity contribution in [2.75, 3.05) is 0 Å².